The molecule has 0 aliphatic rings. The minimum Gasteiger partial charge on any atom is -0.497 e. The summed E-state index contributed by atoms with van der Waals surface area (Å²) >= 11 is 1.39. The number of ether oxygens (including phenoxy) is 2. The van der Waals surface area contributed by atoms with E-state index in [-0.39, 0.29) is 17.4 Å². The van der Waals surface area contributed by atoms with Gasteiger partial charge in [0, 0.05) is 33.5 Å². The first-order chi connectivity index (χ1) is 20.8. The van der Waals surface area contributed by atoms with Gasteiger partial charge in [-0.3, -0.25) is 14.4 Å². The lowest BCUT2D eigenvalue weighted by molar-refractivity contribution is -0.114. The molecule has 0 saturated heterocycles. The van der Waals surface area contributed by atoms with Gasteiger partial charge >= 0.3 is 0 Å². The monoisotopic (exact) mass is 595 g/mol. The standard InChI is InChI=1S/C34H33N3O5S/c1-22-9-8-10-23(2)32(22)37-31(38)21-43-28-17-14-26(15-18-28)35-34(40)29(36-33(39)24-11-6-5-7-12-24)19-25-13-16-27(41-3)20-30(25)42-4/h5-20H,21H2,1-4H3,(H,35,40)(H,36,39)(H,37,38)/b29-19-. The Morgan fingerprint density at radius 1 is 0.791 bits per heavy atom. The van der Waals surface area contributed by atoms with Gasteiger partial charge in [0.2, 0.25) is 5.91 Å². The highest BCUT2D eigenvalue weighted by Crippen LogP contribution is 2.27. The number of anilines is 2. The van der Waals surface area contributed by atoms with E-state index in [0.29, 0.717) is 28.3 Å². The third kappa shape index (κ3) is 8.50. The highest BCUT2D eigenvalue weighted by Gasteiger charge is 2.17. The molecule has 0 bridgehead atoms. The molecule has 0 heterocycles. The van der Waals surface area contributed by atoms with Crippen molar-refractivity contribution in [2.45, 2.75) is 18.7 Å². The van der Waals surface area contributed by atoms with Crippen molar-refractivity contribution < 1.29 is 23.9 Å². The normalized spacial score (nSPS) is 10.9. The number of aryl methyl sites for hydroxylation is 2. The van der Waals surface area contributed by atoms with Gasteiger partial charge in [-0.2, -0.15) is 0 Å². The molecule has 43 heavy (non-hydrogen) atoms. The number of carbonyl (C=O) groups excluding carboxylic acids is 3. The molecule has 0 aliphatic heterocycles. The van der Waals surface area contributed by atoms with Crippen LogP contribution in [0.2, 0.25) is 0 Å². The lowest BCUT2D eigenvalue weighted by atomic mass is 10.1. The highest BCUT2D eigenvalue weighted by atomic mass is 32.2. The fourth-order valence-corrected chi connectivity index (χ4v) is 4.90. The minimum atomic E-state index is -0.518. The molecule has 0 fully saturated rings. The first-order valence-corrected chi connectivity index (χ1v) is 14.5. The van der Waals surface area contributed by atoms with Crippen molar-refractivity contribution in [3.63, 3.8) is 0 Å². The summed E-state index contributed by atoms with van der Waals surface area (Å²) in [6, 6.07) is 26.8. The molecule has 0 saturated carbocycles. The Labute approximate surface area is 255 Å². The predicted octanol–water partition coefficient (Wildman–Crippen LogP) is 6.46. The van der Waals surface area contributed by atoms with Gasteiger partial charge in [-0.15, -0.1) is 11.8 Å². The van der Waals surface area contributed by atoms with Gasteiger partial charge in [0.25, 0.3) is 11.8 Å². The Balaban J connectivity index is 1.46. The lowest BCUT2D eigenvalue weighted by Gasteiger charge is -2.13. The first kappa shape index (κ1) is 30.9. The van der Waals surface area contributed by atoms with Crippen molar-refractivity contribution >= 4 is 46.9 Å². The molecule has 220 valence electrons. The zero-order chi connectivity index (χ0) is 30.8. The van der Waals surface area contributed by atoms with Crippen LogP contribution < -0.4 is 25.4 Å². The minimum absolute atomic E-state index is 0.0268. The summed E-state index contributed by atoms with van der Waals surface area (Å²) in [5.41, 5.74) is 4.39. The summed E-state index contributed by atoms with van der Waals surface area (Å²) in [5, 5.41) is 8.56. The molecule has 3 N–H and O–H groups in total. The molecular weight excluding hydrogens is 562 g/mol. The number of hydrogen-bond acceptors (Lipinski definition) is 6. The van der Waals surface area contributed by atoms with Crippen molar-refractivity contribution in [1.82, 2.24) is 5.32 Å². The summed E-state index contributed by atoms with van der Waals surface area (Å²) < 4.78 is 10.7. The SMILES string of the molecule is COc1ccc(/C=C(\NC(=O)c2ccccc2)C(=O)Nc2ccc(SCC(=O)Nc3c(C)cccc3C)cc2)c(OC)c1. The average molecular weight is 596 g/mol. The third-order valence-corrected chi connectivity index (χ3v) is 7.51. The van der Waals surface area contributed by atoms with Crippen molar-refractivity contribution in [3.8, 4) is 11.5 Å². The Kier molecular flexibility index (Phi) is 10.6. The molecule has 0 aliphatic carbocycles. The van der Waals surface area contributed by atoms with Crippen molar-refractivity contribution in [2.75, 3.05) is 30.6 Å². The Morgan fingerprint density at radius 3 is 2.14 bits per heavy atom. The van der Waals surface area contributed by atoms with E-state index in [1.807, 2.05) is 50.2 Å². The van der Waals surface area contributed by atoms with E-state index in [1.165, 1.54) is 18.9 Å². The van der Waals surface area contributed by atoms with Crippen LogP contribution in [0.5, 0.6) is 11.5 Å². The summed E-state index contributed by atoms with van der Waals surface area (Å²) in [7, 11) is 3.07. The topological polar surface area (TPSA) is 106 Å². The van der Waals surface area contributed by atoms with Gasteiger partial charge in [0.15, 0.2) is 0 Å². The number of nitrogens with one attached hydrogen (secondary N) is 3. The van der Waals surface area contributed by atoms with E-state index in [0.717, 1.165) is 21.7 Å². The van der Waals surface area contributed by atoms with E-state index in [9.17, 15) is 14.4 Å². The van der Waals surface area contributed by atoms with E-state index in [2.05, 4.69) is 16.0 Å². The molecule has 0 spiro atoms. The Bertz CT molecular complexity index is 1620. The van der Waals surface area contributed by atoms with Gasteiger partial charge in [0.1, 0.15) is 17.2 Å². The van der Waals surface area contributed by atoms with Crippen LogP contribution in [0, 0.1) is 13.8 Å². The largest absolute Gasteiger partial charge is 0.497 e. The molecule has 8 nitrogen and oxygen atoms in total. The lowest BCUT2D eigenvalue weighted by Crippen LogP contribution is -2.30. The van der Waals surface area contributed by atoms with E-state index >= 15 is 0 Å². The van der Waals surface area contributed by atoms with Gasteiger partial charge < -0.3 is 25.4 Å². The average Bonchev–Trinajstić information content (AvgIpc) is 3.02. The van der Waals surface area contributed by atoms with Crippen molar-refractivity contribution in [2.24, 2.45) is 0 Å². The van der Waals surface area contributed by atoms with E-state index < -0.39 is 11.8 Å². The van der Waals surface area contributed by atoms with Gasteiger partial charge in [-0.1, -0.05) is 36.4 Å². The van der Waals surface area contributed by atoms with Crippen LogP contribution in [0.4, 0.5) is 11.4 Å². The summed E-state index contributed by atoms with van der Waals surface area (Å²) in [6.45, 7) is 3.92. The molecule has 0 atom stereocenters. The number of amides is 3. The number of carbonyl (C=O) groups is 3. The molecule has 4 aromatic carbocycles. The van der Waals surface area contributed by atoms with E-state index in [1.54, 1.807) is 67.8 Å². The third-order valence-electron chi connectivity index (χ3n) is 6.50. The summed E-state index contributed by atoms with van der Waals surface area (Å²) in [6.07, 6.45) is 1.55. The Morgan fingerprint density at radius 2 is 1.49 bits per heavy atom. The number of para-hydroxylation sites is 1. The van der Waals surface area contributed by atoms with Gasteiger partial charge in [-0.25, -0.2) is 0 Å². The van der Waals surface area contributed by atoms with Crippen molar-refractivity contribution in [1.29, 1.82) is 0 Å². The van der Waals surface area contributed by atoms with Crippen LogP contribution in [0.1, 0.15) is 27.0 Å². The molecule has 0 unspecified atom stereocenters. The molecule has 4 aromatic rings. The molecule has 0 radical (unpaired) electrons. The molecule has 9 heteroatoms. The maximum atomic E-state index is 13.4. The van der Waals surface area contributed by atoms with Crippen molar-refractivity contribution in [3.05, 3.63) is 119 Å². The number of thioether (sulfide) groups is 1. The van der Waals surface area contributed by atoms with Crippen LogP contribution in [0.3, 0.4) is 0 Å². The number of hydrogen-bond donors (Lipinski definition) is 3. The first-order valence-electron chi connectivity index (χ1n) is 13.5. The maximum absolute atomic E-state index is 13.4. The Hall–Kier alpha value is -5.02. The van der Waals surface area contributed by atoms with Gasteiger partial charge in [-0.05, 0) is 79.6 Å². The molecule has 3 amide bonds. The predicted molar refractivity (Wildman–Crippen MR) is 172 cm³/mol. The van der Waals surface area contributed by atoms with Crippen LogP contribution in [-0.4, -0.2) is 37.7 Å². The van der Waals surface area contributed by atoms with Crippen LogP contribution in [0.15, 0.2) is 102 Å². The van der Waals surface area contributed by atoms with Gasteiger partial charge in [0.05, 0.1) is 20.0 Å². The van der Waals surface area contributed by atoms with Crippen LogP contribution in [0.25, 0.3) is 6.08 Å². The fourth-order valence-electron chi connectivity index (χ4n) is 4.20. The van der Waals surface area contributed by atoms with E-state index in [4.69, 9.17) is 9.47 Å². The molecule has 4 rings (SSSR count). The molecule has 0 aromatic heterocycles. The summed E-state index contributed by atoms with van der Waals surface area (Å²) in [5.74, 6) is 0.256. The quantitative estimate of drug-likeness (QED) is 0.136. The second-order valence-corrected chi connectivity index (χ2v) is 10.6. The highest BCUT2D eigenvalue weighted by molar-refractivity contribution is 8.00. The fraction of sp³-hybridized carbons (Fsp3) is 0.147. The van der Waals surface area contributed by atoms with Crippen LogP contribution >= 0.6 is 11.8 Å². The zero-order valence-electron chi connectivity index (χ0n) is 24.4. The number of methoxy groups -OCH3 is 2. The van der Waals surface area contributed by atoms with Crippen LogP contribution in [-0.2, 0) is 9.59 Å². The second kappa shape index (κ2) is 14.7. The number of benzene rings is 4. The smallest absolute Gasteiger partial charge is 0.272 e. The zero-order valence-corrected chi connectivity index (χ0v) is 25.2. The second-order valence-electron chi connectivity index (χ2n) is 9.57. The molecular formula is C34H33N3O5S. The number of rotatable bonds is 11. The summed E-state index contributed by atoms with van der Waals surface area (Å²) in [4.78, 5) is 39.8. The maximum Gasteiger partial charge on any atom is 0.272 e.